The molecule has 90 valence electrons. The molecule has 1 aliphatic rings. The summed E-state index contributed by atoms with van der Waals surface area (Å²) >= 11 is 7.62. The summed E-state index contributed by atoms with van der Waals surface area (Å²) in [7, 11) is 0. The van der Waals surface area contributed by atoms with Crippen LogP contribution in [0.2, 0.25) is 0 Å². The second-order valence-corrected chi connectivity index (χ2v) is 6.43. The molecule has 0 radical (unpaired) electrons. The van der Waals surface area contributed by atoms with Crippen molar-refractivity contribution in [2.24, 2.45) is 0 Å². The molecule has 2 unspecified atom stereocenters. The summed E-state index contributed by atoms with van der Waals surface area (Å²) in [6.45, 7) is 4.28. The summed E-state index contributed by atoms with van der Waals surface area (Å²) in [5, 5.41) is 0. The molecule has 0 bridgehead atoms. The average molecular weight is 364 g/mol. The minimum absolute atomic E-state index is 0.258. The van der Waals surface area contributed by atoms with Crippen LogP contribution in [0.25, 0.3) is 5.57 Å². The van der Waals surface area contributed by atoms with Gasteiger partial charge in [-0.05, 0) is 27.8 Å². The number of alkyl halides is 2. The first-order valence-electron chi connectivity index (χ1n) is 5.86. The van der Waals surface area contributed by atoms with E-state index in [2.05, 4.69) is 87.0 Å². The van der Waals surface area contributed by atoms with Crippen molar-refractivity contribution in [3.8, 4) is 0 Å². The molecule has 3 rings (SSSR count). The van der Waals surface area contributed by atoms with Gasteiger partial charge in [0.2, 0.25) is 0 Å². The van der Waals surface area contributed by atoms with Gasteiger partial charge in [0.15, 0.2) is 0 Å². The van der Waals surface area contributed by atoms with E-state index in [0.717, 1.165) is 5.57 Å². The van der Waals surface area contributed by atoms with Gasteiger partial charge in [-0.15, -0.1) is 0 Å². The van der Waals surface area contributed by atoms with E-state index in [0.29, 0.717) is 0 Å². The minimum Gasteiger partial charge on any atom is -0.0905 e. The first-order chi connectivity index (χ1) is 8.70. The lowest BCUT2D eigenvalue weighted by molar-refractivity contribution is 0.942. The van der Waals surface area contributed by atoms with Gasteiger partial charge >= 0.3 is 0 Å². The first kappa shape index (κ1) is 12.2. The lowest BCUT2D eigenvalue weighted by atomic mass is 9.96. The van der Waals surface area contributed by atoms with Gasteiger partial charge in [0, 0.05) is 0 Å². The minimum atomic E-state index is 0.258. The van der Waals surface area contributed by atoms with Crippen molar-refractivity contribution in [1.82, 2.24) is 0 Å². The summed E-state index contributed by atoms with van der Waals surface area (Å²) in [6, 6.07) is 16.9. The fourth-order valence-electron chi connectivity index (χ4n) is 2.48. The summed E-state index contributed by atoms with van der Waals surface area (Å²) in [5.41, 5.74) is 6.15. The van der Waals surface area contributed by atoms with E-state index in [4.69, 9.17) is 0 Å². The average Bonchev–Trinajstić information content (AvgIpc) is 2.51. The zero-order chi connectivity index (χ0) is 12.7. The van der Waals surface area contributed by atoms with Gasteiger partial charge in [-0.2, -0.15) is 0 Å². The molecule has 18 heavy (non-hydrogen) atoms. The van der Waals surface area contributed by atoms with Gasteiger partial charge in [0.25, 0.3) is 0 Å². The third-order valence-electron chi connectivity index (χ3n) is 3.42. The normalized spacial score (nSPS) is 22.0. The van der Waals surface area contributed by atoms with E-state index in [-0.39, 0.29) is 9.65 Å². The third-order valence-corrected chi connectivity index (χ3v) is 6.18. The highest BCUT2D eigenvalue weighted by atomic mass is 79.9. The van der Waals surface area contributed by atoms with Crippen LogP contribution in [0.5, 0.6) is 0 Å². The predicted molar refractivity (Wildman–Crippen MR) is 84.4 cm³/mol. The number of halogens is 2. The Kier molecular flexibility index (Phi) is 3.16. The van der Waals surface area contributed by atoms with Gasteiger partial charge in [0.05, 0.1) is 9.65 Å². The second kappa shape index (κ2) is 4.67. The molecule has 2 aromatic carbocycles. The Hall–Kier alpha value is -0.860. The van der Waals surface area contributed by atoms with Crippen molar-refractivity contribution in [3.63, 3.8) is 0 Å². The molecule has 2 heteroatoms. The van der Waals surface area contributed by atoms with Crippen molar-refractivity contribution in [2.45, 2.75) is 9.65 Å². The van der Waals surface area contributed by atoms with Crippen molar-refractivity contribution in [1.29, 1.82) is 0 Å². The van der Waals surface area contributed by atoms with E-state index in [1.807, 2.05) is 0 Å². The van der Waals surface area contributed by atoms with E-state index in [1.54, 1.807) is 0 Å². The molecule has 0 spiro atoms. The topological polar surface area (TPSA) is 0 Å². The lowest BCUT2D eigenvalue weighted by Crippen LogP contribution is -1.98. The molecule has 2 aromatic rings. The van der Waals surface area contributed by atoms with Crippen LogP contribution in [0.1, 0.15) is 31.9 Å². The van der Waals surface area contributed by atoms with E-state index in [1.165, 1.54) is 22.3 Å². The Morgan fingerprint density at radius 2 is 1.11 bits per heavy atom. The predicted octanol–water partition coefficient (Wildman–Crippen LogP) is 5.63. The molecule has 0 saturated heterocycles. The molecule has 0 aromatic heterocycles. The Balaban J connectivity index is 2.31. The molecule has 1 aliphatic carbocycles. The number of rotatable bonds is 0. The van der Waals surface area contributed by atoms with Gasteiger partial charge in [-0.1, -0.05) is 87.0 Å². The maximum Gasteiger partial charge on any atom is 0.0567 e. The van der Waals surface area contributed by atoms with E-state index < -0.39 is 0 Å². The molecule has 0 amide bonds. The molecular formula is C16H12Br2. The molecule has 0 heterocycles. The van der Waals surface area contributed by atoms with Crippen LogP contribution in [-0.2, 0) is 0 Å². The monoisotopic (exact) mass is 362 g/mol. The van der Waals surface area contributed by atoms with Crippen molar-refractivity contribution in [3.05, 3.63) is 77.4 Å². The fourth-order valence-corrected chi connectivity index (χ4v) is 3.85. The number of benzene rings is 2. The first-order valence-corrected chi connectivity index (χ1v) is 7.69. The zero-order valence-electron chi connectivity index (χ0n) is 9.74. The SMILES string of the molecule is C=C1c2ccccc2C(Br)C(Br)c2ccccc21. The highest BCUT2D eigenvalue weighted by molar-refractivity contribution is 9.12. The molecular weight excluding hydrogens is 352 g/mol. The third kappa shape index (κ3) is 1.79. The van der Waals surface area contributed by atoms with Gasteiger partial charge in [0.1, 0.15) is 0 Å². The molecule has 0 fully saturated rings. The van der Waals surface area contributed by atoms with Gasteiger partial charge in [-0.3, -0.25) is 0 Å². The largest absolute Gasteiger partial charge is 0.0905 e. The Morgan fingerprint density at radius 3 is 1.56 bits per heavy atom. The Labute approximate surface area is 124 Å². The van der Waals surface area contributed by atoms with Crippen LogP contribution < -0.4 is 0 Å². The van der Waals surface area contributed by atoms with Crippen molar-refractivity contribution in [2.75, 3.05) is 0 Å². The summed E-state index contributed by atoms with van der Waals surface area (Å²) in [6.07, 6.45) is 0. The maximum atomic E-state index is 4.28. The molecule has 2 atom stereocenters. The molecule has 0 nitrogen and oxygen atoms in total. The van der Waals surface area contributed by atoms with Crippen molar-refractivity contribution >= 4 is 37.4 Å². The van der Waals surface area contributed by atoms with E-state index in [9.17, 15) is 0 Å². The number of hydrogen-bond donors (Lipinski definition) is 0. The molecule has 0 aliphatic heterocycles. The number of hydrogen-bond acceptors (Lipinski definition) is 0. The lowest BCUT2D eigenvalue weighted by Gasteiger charge is -2.16. The molecule has 0 saturated carbocycles. The highest BCUT2D eigenvalue weighted by Gasteiger charge is 2.28. The van der Waals surface area contributed by atoms with Crippen LogP contribution >= 0.6 is 31.9 Å². The van der Waals surface area contributed by atoms with Crippen LogP contribution in [-0.4, -0.2) is 0 Å². The van der Waals surface area contributed by atoms with Crippen LogP contribution in [0.3, 0.4) is 0 Å². The van der Waals surface area contributed by atoms with E-state index >= 15 is 0 Å². The van der Waals surface area contributed by atoms with Crippen molar-refractivity contribution < 1.29 is 0 Å². The highest BCUT2D eigenvalue weighted by Crippen LogP contribution is 2.49. The van der Waals surface area contributed by atoms with Crippen LogP contribution in [0.4, 0.5) is 0 Å². The van der Waals surface area contributed by atoms with Crippen LogP contribution in [0.15, 0.2) is 55.1 Å². The maximum absolute atomic E-state index is 4.28. The standard InChI is InChI=1S/C16H12Br2/c1-10-11-6-2-4-8-13(11)15(17)16(18)14-9-5-3-7-12(10)14/h2-9,15-16H,1H2. The fraction of sp³-hybridized carbons (Fsp3) is 0.125. The Morgan fingerprint density at radius 1 is 0.722 bits per heavy atom. The van der Waals surface area contributed by atoms with Gasteiger partial charge < -0.3 is 0 Å². The summed E-state index contributed by atoms with van der Waals surface area (Å²) in [5.74, 6) is 0. The number of fused-ring (bicyclic) bond motifs is 2. The quantitative estimate of drug-likeness (QED) is 0.532. The second-order valence-electron chi connectivity index (χ2n) is 4.46. The Bertz CT molecular complexity index is 562. The van der Waals surface area contributed by atoms with Crippen LogP contribution in [0, 0.1) is 0 Å². The smallest absolute Gasteiger partial charge is 0.0567 e. The summed E-state index contributed by atoms with van der Waals surface area (Å²) in [4.78, 5) is 0.517. The van der Waals surface area contributed by atoms with Gasteiger partial charge in [-0.25, -0.2) is 0 Å². The zero-order valence-corrected chi connectivity index (χ0v) is 12.9. The summed E-state index contributed by atoms with van der Waals surface area (Å²) < 4.78 is 0. The molecule has 0 N–H and O–H groups in total.